The summed E-state index contributed by atoms with van der Waals surface area (Å²) in [5.74, 6) is 0.253. The molecule has 1 aromatic carbocycles. The first-order valence-electron chi connectivity index (χ1n) is 4.43. The van der Waals surface area contributed by atoms with Gasteiger partial charge in [-0.25, -0.2) is 9.97 Å². The van der Waals surface area contributed by atoms with Crippen molar-refractivity contribution in [2.75, 3.05) is 5.73 Å². The molecule has 0 saturated carbocycles. The number of aromatic nitrogens is 2. The molecule has 0 aliphatic carbocycles. The third-order valence-electron chi connectivity index (χ3n) is 2.05. The fourth-order valence-electron chi connectivity index (χ4n) is 1.24. The Balaban J connectivity index is 2.37. The van der Waals surface area contributed by atoms with E-state index in [1.165, 1.54) is 0 Å². The van der Waals surface area contributed by atoms with Gasteiger partial charge in [-0.15, -0.1) is 0 Å². The highest BCUT2D eigenvalue weighted by Crippen LogP contribution is 2.17. The van der Waals surface area contributed by atoms with E-state index in [4.69, 9.17) is 5.73 Å². The van der Waals surface area contributed by atoms with E-state index >= 15 is 0 Å². The number of nitrogens with zero attached hydrogens (tertiary/aromatic N) is 2. The molecule has 1 aromatic heterocycles. The first kappa shape index (κ1) is 9.33. The second-order valence-electron chi connectivity index (χ2n) is 3.07. The molecule has 0 fully saturated rings. The Kier molecular flexibility index (Phi) is 2.41. The summed E-state index contributed by atoms with van der Waals surface area (Å²) in [6.45, 7) is 0. The highest BCUT2D eigenvalue weighted by Gasteiger charge is 1.98. The van der Waals surface area contributed by atoms with Crippen molar-refractivity contribution in [3.63, 3.8) is 0 Å². The Bertz CT molecular complexity index is 462. The van der Waals surface area contributed by atoms with Crippen LogP contribution in [0.4, 0.5) is 5.95 Å². The zero-order valence-corrected chi connectivity index (χ0v) is 7.92. The van der Waals surface area contributed by atoms with Gasteiger partial charge in [-0.05, 0) is 5.56 Å². The van der Waals surface area contributed by atoms with E-state index < -0.39 is 0 Å². The van der Waals surface area contributed by atoms with E-state index in [-0.39, 0.29) is 5.95 Å². The molecule has 0 atom stereocenters. The normalized spacial score (nSPS) is 9.87. The second-order valence-corrected chi connectivity index (χ2v) is 3.07. The Morgan fingerprint density at radius 3 is 2.13 bits per heavy atom. The standard InChI is InChI=1S/C11H9N3O/c12-11-13-5-10(6-14-11)9-3-1-8(7-15)2-4-9/h1-7H,(H2,12,13,14). The lowest BCUT2D eigenvalue weighted by Crippen LogP contribution is -1.93. The second kappa shape index (κ2) is 3.88. The third kappa shape index (κ3) is 1.99. The molecule has 0 aliphatic rings. The van der Waals surface area contributed by atoms with Crippen molar-refractivity contribution in [1.29, 1.82) is 0 Å². The smallest absolute Gasteiger partial charge is 0.219 e. The van der Waals surface area contributed by atoms with E-state index in [1.54, 1.807) is 24.5 Å². The van der Waals surface area contributed by atoms with Gasteiger partial charge in [-0.2, -0.15) is 0 Å². The van der Waals surface area contributed by atoms with Crippen molar-refractivity contribution in [2.24, 2.45) is 0 Å². The van der Waals surface area contributed by atoms with Crippen LogP contribution in [0.3, 0.4) is 0 Å². The molecule has 2 aromatic rings. The molecular weight excluding hydrogens is 190 g/mol. The number of nitrogens with two attached hydrogens (primary N) is 1. The fourth-order valence-corrected chi connectivity index (χ4v) is 1.24. The fraction of sp³-hybridized carbons (Fsp3) is 0. The predicted molar refractivity (Wildman–Crippen MR) is 57.3 cm³/mol. The van der Waals surface area contributed by atoms with Crippen molar-refractivity contribution in [3.8, 4) is 11.1 Å². The number of benzene rings is 1. The summed E-state index contributed by atoms with van der Waals surface area (Å²) < 4.78 is 0. The van der Waals surface area contributed by atoms with Crippen LogP contribution >= 0.6 is 0 Å². The van der Waals surface area contributed by atoms with E-state index in [0.29, 0.717) is 5.56 Å². The average molecular weight is 199 g/mol. The number of hydrogen-bond acceptors (Lipinski definition) is 4. The van der Waals surface area contributed by atoms with Gasteiger partial charge in [0.15, 0.2) is 0 Å². The van der Waals surface area contributed by atoms with Gasteiger partial charge in [-0.3, -0.25) is 4.79 Å². The zero-order chi connectivity index (χ0) is 10.7. The van der Waals surface area contributed by atoms with Crippen LogP contribution in [0, 0.1) is 0 Å². The number of aldehydes is 1. The lowest BCUT2D eigenvalue weighted by atomic mass is 10.1. The van der Waals surface area contributed by atoms with E-state index in [1.807, 2.05) is 12.1 Å². The molecule has 15 heavy (non-hydrogen) atoms. The summed E-state index contributed by atoms with van der Waals surface area (Å²) >= 11 is 0. The van der Waals surface area contributed by atoms with Crippen molar-refractivity contribution in [1.82, 2.24) is 9.97 Å². The number of hydrogen-bond donors (Lipinski definition) is 1. The van der Waals surface area contributed by atoms with Crippen LogP contribution in [0.1, 0.15) is 10.4 Å². The number of carbonyl (C=O) groups excluding carboxylic acids is 1. The molecule has 2 N–H and O–H groups in total. The summed E-state index contributed by atoms with van der Waals surface area (Å²) in [5.41, 5.74) is 7.87. The van der Waals surface area contributed by atoms with Crippen LogP contribution in [-0.2, 0) is 0 Å². The van der Waals surface area contributed by atoms with E-state index in [2.05, 4.69) is 9.97 Å². The van der Waals surface area contributed by atoms with Crippen LogP contribution in [0.15, 0.2) is 36.7 Å². The molecule has 0 radical (unpaired) electrons. The lowest BCUT2D eigenvalue weighted by molar-refractivity contribution is 0.112. The number of anilines is 1. The summed E-state index contributed by atoms with van der Waals surface area (Å²) in [6.07, 6.45) is 4.11. The average Bonchev–Trinajstić information content (AvgIpc) is 2.30. The minimum atomic E-state index is 0.253. The van der Waals surface area contributed by atoms with Gasteiger partial charge in [0.1, 0.15) is 6.29 Å². The molecule has 74 valence electrons. The molecule has 0 amide bonds. The summed E-state index contributed by atoms with van der Waals surface area (Å²) in [6, 6.07) is 7.19. The number of rotatable bonds is 2. The molecule has 2 rings (SSSR count). The van der Waals surface area contributed by atoms with E-state index in [9.17, 15) is 4.79 Å². The van der Waals surface area contributed by atoms with Gasteiger partial charge < -0.3 is 5.73 Å². The van der Waals surface area contributed by atoms with Crippen LogP contribution in [0.25, 0.3) is 11.1 Å². The van der Waals surface area contributed by atoms with Crippen molar-refractivity contribution >= 4 is 12.2 Å². The zero-order valence-electron chi connectivity index (χ0n) is 7.92. The van der Waals surface area contributed by atoms with Gasteiger partial charge >= 0.3 is 0 Å². The summed E-state index contributed by atoms with van der Waals surface area (Å²) in [4.78, 5) is 18.2. The maximum atomic E-state index is 10.5. The molecule has 0 unspecified atom stereocenters. The van der Waals surface area contributed by atoms with Crippen molar-refractivity contribution < 1.29 is 4.79 Å². The van der Waals surface area contributed by atoms with Gasteiger partial charge in [0.2, 0.25) is 5.95 Å². The summed E-state index contributed by atoms with van der Waals surface area (Å²) in [5, 5.41) is 0. The molecule has 0 saturated heterocycles. The monoisotopic (exact) mass is 199 g/mol. The number of carbonyl (C=O) groups is 1. The Labute approximate surface area is 86.8 Å². The van der Waals surface area contributed by atoms with Crippen LogP contribution in [0.5, 0.6) is 0 Å². The molecule has 4 nitrogen and oxygen atoms in total. The molecule has 1 heterocycles. The maximum Gasteiger partial charge on any atom is 0.219 e. The van der Waals surface area contributed by atoms with E-state index in [0.717, 1.165) is 17.4 Å². The molecule has 0 bridgehead atoms. The minimum Gasteiger partial charge on any atom is -0.368 e. The highest BCUT2D eigenvalue weighted by atomic mass is 16.1. The molecular formula is C11H9N3O. The topological polar surface area (TPSA) is 68.9 Å². The Morgan fingerprint density at radius 1 is 1.00 bits per heavy atom. The van der Waals surface area contributed by atoms with Gasteiger partial charge in [0.25, 0.3) is 0 Å². The van der Waals surface area contributed by atoms with Gasteiger partial charge in [0.05, 0.1) is 0 Å². The highest BCUT2D eigenvalue weighted by molar-refractivity contribution is 5.76. The number of nitrogen functional groups attached to an aromatic ring is 1. The van der Waals surface area contributed by atoms with Crippen LogP contribution in [0.2, 0.25) is 0 Å². The predicted octanol–water partition coefficient (Wildman–Crippen LogP) is 1.54. The lowest BCUT2D eigenvalue weighted by Gasteiger charge is -2.00. The third-order valence-corrected chi connectivity index (χ3v) is 2.05. The first-order valence-corrected chi connectivity index (χ1v) is 4.43. The van der Waals surface area contributed by atoms with Crippen molar-refractivity contribution in [2.45, 2.75) is 0 Å². The van der Waals surface area contributed by atoms with Gasteiger partial charge in [-0.1, -0.05) is 24.3 Å². The largest absolute Gasteiger partial charge is 0.368 e. The quantitative estimate of drug-likeness (QED) is 0.745. The maximum absolute atomic E-state index is 10.5. The van der Waals surface area contributed by atoms with Gasteiger partial charge in [0, 0.05) is 23.5 Å². The van der Waals surface area contributed by atoms with Crippen LogP contribution in [-0.4, -0.2) is 16.3 Å². The van der Waals surface area contributed by atoms with Crippen LogP contribution < -0.4 is 5.73 Å². The summed E-state index contributed by atoms with van der Waals surface area (Å²) in [7, 11) is 0. The molecule has 0 spiro atoms. The molecule has 4 heteroatoms. The minimum absolute atomic E-state index is 0.253. The first-order chi connectivity index (χ1) is 7.29. The SMILES string of the molecule is Nc1ncc(-c2ccc(C=O)cc2)cn1. The molecule has 0 aliphatic heterocycles. The Morgan fingerprint density at radius 2 is 1.60 bits per heavy atom. The van der Waals surface area contributed by atoms with Crippen molar-refractivity contribution in [3.05, 3.63) is 42.2 Å². The Hall–Kier alpha value is -2.23.